The maximum Gasteiger partial charge on any atom is 0.264 e. The van der Waals surface area contributed by atoms with E-state index in [0.717, 1.165) is 16.7 Å². The van der Waals surface area contributed by atoms with Crippen LogP contribution in [-0.4, -0.2) is 59.0 Å². The van der Waals surface area contributed by atoms with Crippen LogP contribution < -0.4 is 5.56 Å². The molecule has 1 aliphatic rings. The summed E-state index contributed by atoms with van der Waals surface area (Å²) >= 11 is 0. The highest BCUT2D eigenvalue weighted by molar-refractivity contribution is 5.94. The number of carbonyl (C=O) groups excluding carboxylic acids is 1. The van der Waals surface area contributed by atoms with E-state index in [4.69, 9.17) is 0 Å². The number of rotatable bonds is 6. The van der Waals surface area contributed by atoms with Gasteiger partial charge in [-0.25, -0.2) is 9.67 Å². The summed E-state index contributed by atoms with van der Waals surface area (Å²) in [7, 11) is 0. The van der Waals surface area contributed by atoms with Gasteiger partial charge in [-0.1, -0.05) is 54.6 Å². The largest absolute Gasteiger partial charge is 0.392 e. The Balaban J connectivity index is 1.22. The van der Waals surface area contributed by atoms with Gasteiger partial charge in [0.2, 0.25) is 0 Å². The van der Waals surface area contributed by atoms with Gasteiger partial charge in [0.25, 0.3) is 11.5 Å². The smallest absolute Gasteiger partial charge is 0.264 e. The van der Waals surface area contributed by atoms with Gasteiger partial charge in [-0.2, -0.15) is 5.10 Å². The summed E-state index contributed by atoms with van der Waals surface area (Å²) in [5.74, 6) is -0.0588. The molecule has 0 bridgehead atoms. The lowest BCUT2D eigenvalue weighted by atomic mass is 9.91. The predicted molar refractivity (Wildman–Crippen MR) is 151 cm³/mol. The van der Waals surface area contributed by atoms with Crippen molar-refractivity contribution >= 4 is 16.9 Å². The van der Waals surface area contributed by atoms with E-state index in [-0.39, 0.29) is 24.6 Å². The lowest BCUT2D eigenvalue weighted by molar-refractivity contribution is -0.0299. The van der Waals surface area contributed by atoms with Crippen molar-refractivity contribution in [3.63, 3.8) is 0 Å². The zero-order valence-electron chi connectivity index (χ0n) is 21.8. The molecule has 3 aromatic carbocycles. The van der Waals surface area contributed by atoms with Crippen molar-refractivity contribution < 1.29 is 15.0 Å². The van der Waals surface area contributed by atoms with Gasteiger partial charge in [-0.15, -0.1) is 0 Å². The van der Waals surface area contributed by atoms with E-state index in [1.165, 1.54) is 17.1 Å². The van der Waals surface area contributed by atoms with Crippen LogP contribution in [0.2, 0.25) is 0 Å². The van der Waals surface area contributed by atoms with Gasteiger partial charge in [-0.05, 0) is 53.8 Å². The number of hydrogen-bond donors (Lipinski definition) is 2. The summed E-state index contributed by atoms with van der Waals surface area (Å²) in [5, 5.41) is 26.1. The molecule has 0 aliphatic carbocycles. The minimum Gasteiger partial charge on any atom is -0.392 e. The summed E-state index contributed by atoms with van der Waals surface area (Å²) in [6, 6.07) is 24.6. The topological polar surface area (TPSA) is 113 Å². The van der Waals surface area contributed by atoms with Crippen LogP contribution in [0, 0.1) is 0 Å². The Morgan fingerprint density at radius 2 is 1.65 bits per heavy atom. The molecule has 1 saturated heterocycles. The fourth-order valence-electron chi connectivity index (χ4n) is 5.36. The van der Waals surface area contributed by atoms with Crippen LogP contribution in [-0.2, 0) is 13.2 Å². The van der Waals surface area contributed by atoms with Crippen molar-refractivity contribution in [2.45, 2.75) is 31.6 Å². The second kappa shape index (κ2) is 10.5. The fraction of sp³-hybridized carbons (Fsp3) is 0.226. The number of piperidine rings is 1. The first-order valence-corrected chi connectivity index (χ1v) is 13.3. The zero-order chi connectivity index (χ0) is 27.7. The zero-order valence-corrected chi connectivity index (χ0v) is 21.8. The maximum atomic E-state index is 13.4. The number of aliphatic hydroxyl groups excluding tert-OH is 1. The van der Waals surface area contributed by atoms with Crippen molar-refractivity contribution in [2.24, 2.45) is 0 Å². The molecule has 6 rings (SSSR count). The molecule has 0 unspecified atom stereocenters. The Hall–Kier alpha value is -4.60. The number of fused-ring (bicyclic) bond motifs is 1. The maximum absolute atomic E-state index is 13.4. The van der Waals surface area contributed by atoms with Gasteiger partial charge in [0.15, 0.2) is 5.65 Å². The minimum atomic E-state index is -1.13. The highest BCUT2D eigenvalue weighted by Crippen LogP contribution is 2.28. The molecular weight excluding hydrogens is 506 g/mol. The number of carbonyl (C=O) groups is 1. The van der Waals surface area contributed by atoms with E-state index in [1.807, 2.05) is 66.7 Å². The molecule has 0 radical (unpaired) electrons. The van der Waals surface area contributed by atoms with E-state index in [1.54, 1.807) is 21.7 Å². The number of aromatic nitrogens is 4. The molecular formula is C31H29N5O4. The third kappa shape index (κ3) is 4.81. The highest BCUT2D eigenvalue weighted by Gasteiger charge is 2.35. The van der Waals surface area contributed by atoms with Gasteiger partial charge in [0, 0.05) is 18.7 Å². The number of nitrogens with zero attached hydrogens (tertiary/aromatic N) is 5. The molecule has 0 atom stereocenters. The molecule has 0 saturated carbocycles. The normalized spacial score (nSPS) is 14.9. The summed E-state index contributed by atoms with van der Waals surface area (Å²) < 4.78 is 3.00. The molecule has 3 heterocycles. The first-order valence-electron chi connectivity index (χ1n) is 13.3. The quantitative estimate of drug-likeness (QED) is 0.345. The summed E-state index contributed by atoms with van der Waals surface area (Å²) in [4.78, 5) is 32.4. The Morgan fingerprint density at radius 1 is 0.950 bits per heavy atom. The van der Waals surface area contributed by atoms with Crippen LogP contribution in [0.1, 0.15) is 28.8 Å². The van der Waals surface area contributed by atoms with Crippen LogP contribution in [0.4, 0.5) is 0 Å². The standard InChI is InChI=1S/C31H29N5O4/c37-19-24-17-25(11-12-26(24)22-7-3-1-4-8-22)36-28-27(18-33-36)30(39)35(21-32-28)20-31(40)13-15-34(16-14-31)29(38)23-9-5-2-6-10-23/h1-12,17-18,21,37,40H,13-16,19-20H2. The second-order valence-electron chi connectivity index (χ2n) is 10.2. The van der Waals surface area contributed by atoms with Gasteiger partial charge >= 0.3 is 0 Å². The lowest BCUT2D eigenvalue weighted by Crippen LogP contribution is -2.49. The molecule has 1 amide bonds. The number of benzene rings is 3. The number of amides is 1. The monoisotopic (exact) mass is 535 g/mol. The molecule has 202 valence electrons. The fourth-order valence-corrected chi connectivity index (χ4v) is 5.36. The molecule has 2 N–H and O–H groups in total. The highest BCUT2D eigenvalue weighted by atomic mass is 16.3. The van der Waals surface area contributed by atoms with Crippen LogP contribution in [0.15, 0.2) is 96.2 Å². The lowest BCUT2D eigenvalue weighted by Gasteiger charge is -2.38. The molecule has 9 heteroatoms. The predicted octanol–water partition coefficient (Wildman–Crippen LogP) is 3.41. The van der Waals surface area contributed by atoms with E-state index in [9.17, 15) is 19.8 Å². The van der Waals surface area contributed by atoms with Gasteiger partial charge in [0.1, 0.15) is 11.7 Å². The summed E-state index contributed by atoms with van der Waals surface area (Å²) in [6.45, 7) is 0.732. The molecule has 2 aromatic heterocycles. The van der Waals surface area contributed by atoms with Crippen molar-refractivity contribution in [3.8, 4) is 16.8 Å². The van der Waals surface area contributed by atoms with Crippen LogP contribution in [0.3, 0.4) is 0 Å². The van der Waals surface area contributed by atoms with Crippen LogP contribution in [0.25, 0.3) is 27.8 Å². The van der Waals surface area contributed by atoms with Gasteiger partial charge in [-0.3, -0.25) is 14.2 Å². The summed E-state index contributed by atoms with van der Waals surface area (Å²) in [5.41, 5.74) is 2.92. The third-order valence-corrected chi connectivity index (χ3v) is 7.61. The average molecular weight is 536 g/mol. The Morgan fingerprint density at radius 3 is 2.35 bits per heavy atom. The van der Waals surface area contributed by atoms with Crippen molar-refractivity contribution in [1.82, 2.24) is 24.2 Å². The SMILES string of the molecule is O=C(c1ccccc1)N1CCC(O)(Cn2cnc3c(cnn3-c3ccc(-c4ccccc4)c(CO)c3)c2=O)CC1. The molecule has 5 aromatic rings. The van der Waals surface area contributed by atoms with E-state index in [2.05, 4.69) is 10.1 Å². The number of likely N-dealkylation sites (tertiary alicyclic amines) is 1. The van der Waals surface area contributed by atoms with Crippen molar-refractivity contribution in [1.29, 1.82) is 0 Å². The Kier molecular flexibility index (Phi) is 6.75. The summed E-state index contributed by atoms with van der Waals surface area (Å²) in [6.07, 6.45) is 3.63. The van der Waals surface area contributed by atoms with Crippen molar-refractivity contribution in [3.05, 3.63) is 113 Å². The van der Waals surface area contributed by atoms with Crippen LogP contribution >= 0.6 is 0 Å². The molecule has 40 heavy (non-hydrogen) atoms. The molecule has 0 spiro atoms. The minimum absolute atomic E-state index is 0.0588. The Labute approximate surface area is 230 Å². The van der Waals surface area contributed by atoms with E-state index < -0.39 is 5.60 Å². The average Bonchev–Trinajstić information content (AvgIpc) is 3.44. The van der Waals surface area contributed by atoms with E-state index in [0.29, 0.717) is 48.2 Å². The van der Waals surface area contributed by atoms with Gasteiger partial charge in [0.05, 0.1) is 30.6 Å². The van der Waals surface area contributed by atoms with Crippen LogP contribution in [0.5, 0.6) is 0 Å². The second-order valence-corrected chi connectivity index (χ2v) is 10.2. The molecule has 1 fully saturated rings. The number of hydrogen-bond acceptors (Lipinski definition) is 6. The van der Waals surface area contributed by atoms with Crippen molar-refractivity contribution in [2.75, 3.05) is 13.1 Å². The van der Waals surface area contributed by atoms with Gasteiger partial charge < -0.3 is 15.1 Å². The first kappa shape index (κ1) is 25.7. The third-order valence-electron chi connectivity index (χ3n) is 7.61. The molecule has 9 nitrogen and oxygen atoms in total. The van der Waals surface area contributed by atoms with E-state index >= 15 is 0 Å². The Bertz CT molecular complexity index is 1720. The molecule has 1 aliphatic heterocycles. The first-order chi connectivity index (χ1) is 19.5. The number of aliphatic hydroxyl groups is 2.